The van der Waals surface area contributed by atoms with Crippen LogP contribution in [0.3, 0.4) is 0 Å². The highest BCUT2D eigenvalue weighted by Crippen LogP contribution is 2.19. The Bertz CT molecular complexity index is 503. The molecule has 0 aliphatic rings. The lowest BCUT2D eigenvalue weighted by Crippen LogP contribution is -3.11. The lowest BCUT2D eigenvalue weighted by molar-refractivity contribution is -0.862. The van der Waals surface area contributed by atoms with Crippen LogP contribution in [-0.2, 0) is 9.59 Å². The van der Waals surface area contributed by atoms with Crippen LogP contribution in [0, 0.1) is 6.92 Å². The average molecular weight is 343 g/mol. The summed E-state index contributed by atoms with van der Waals surface area (Å²) in [6.45, 7) is 2.50. The van der Waals surface area contributed by atoms with E-state index in [0.29, 0.717) is 6.54 Å². The number of rotatable bonds is 5. The van der Waals surface area contributed by atoms with Gasteiger partial charge in [-0.15, -0.1) is 0 Å². The second-order valence-corrected chi connectivity index (χ2v) is 6.02. The molecule has 0 aliphatic heterocycles. The van der Waals surface area contributed by atoms with Gasteiger partial charge in [-0.05, 0) is 30.7 Å². The smallest absolute Gasteiger partial charge is 0.279 e. The molecular weight excluding hydrogens is 322 g/mol. The molecule has 1 unspecified atom stereocenters. The number of hydrogen-bond donors (Lipinski definition) is 2. The number of carbonyl (C=O) groups excluding carboxylic acids is 2. The minimum absolute atomic E-state index is 0.00937. The van der Waals surface area contributed by atoms with Crippen molar-refractivity contribution >= 4 is 33.4 Å². The van der Waals surface area contributed by atoms with Gasteiger partial charge in [-0.25, -0.2) is 0 Å². The molecule has 6 heteroatoms. The van der Waals surface area contributed by atoms with Crippen molar-refractivity contribution in [3.63, 3.8) is 0 Å². The number of likely N-dealkylation sites (N-methyl/N-ethyl adjacent to an activating group) is 2. The molecule has 0 saturated heterocycles. The quantitative estimate of drug-likeness (QED) is 0.808. The summed E-state index contributed by atoms with van der Waals surface area (Å²) in [6, 6.07) is 5.69. The van der Waals surface area contributed by atoms with Gasteiger partial charge in [0.25, 0.3) is 11.8 Å². The van der Waals surface area contributed by atoms with E-state index in [1.807, 2.05) is 32.2 Å². The SMILES string of the molecule is Cc1cc(Br)ccc1NC(=O)C[NH+](C)CC(=O)N(C)C. The van der Waals surface area contributed by atoms with Gasteiger partial charge < -0.3 is 15.1 Å². The molecule has 2 N–H and O–H groups in total. The monoisotopic (exact) mass is 342 g/mol. The molecule has 0 aromatic heterocycles. The standard InChI is InChI=1S/C14H20BrN3O2/c1-10-7-11(15)5-6-12(10)16-13(19)8-18(4)9-14(20)17(2)3/h5-7H,8-9H2,1-4H3,(H,16,19)/p+1. The zero-order valence-corrected chi connectivity index (χ0v) is 13.9. The molecular formula is C14H21BrN3O2+. The molecule has 0 saturated carbocycles. The number of hydrogen-bond acceptors (Lipinski definition) is 2. The molecule has 0 heterocycles. The Morgan fingerprint density at radius 1 is 1.30 bits per heavy atom. The number of amides is 2. The van der Waals surface area contributed by atoms with E-state index in [0.717, 1.165) is 20.6 Å². The Kier molecular flexibility index (Phi) is 6.16. The van der Waals surface area contributed by atoms with E-state index >= 15 is 0 Å². The Morgan fingerprint density at radius 3 is 2.50 bits per heavy atom. The highest BCUT2D eigenvalue weighted by molar-refractivity contribution is 9.10. The first-order valence-corrected chi connectivity index (χ1v) is 7.16. The van der Waals surface area contributed by atoms with Crippen LogP contribution in [0.25, 0.3) is 0 Å². The minimum Gasteiger partial charge on any atom is -0.344 e. The van der Waals surface area contributed by atoms with Crippen LogP contribution in [0.5, 0.6) is 0 Å². The van der Waals surface area contributed by atoms with Crippen LogP contribution in [0.1, 0.15) is 5.56 Å². The normalized spacial score (nSPS) is 11.8. The van der Waals surface area contributed by atoms with Gasteiger partial charge in [0, 0.05) is 24.3 Å². The average Bonchev–Trinajstić information content (AvgIpc) is 2.32. The first kappa shape index (κ1) is 16.7. The van der Waals surface area contributed by atoms with E-state index < -0.39 is 0 Å². The van der Waals surface area contributed by atoms with E-state index in [1.165, 1.54) is 4.90 Å². The van der Waals surface area contributed by atoms with Crippen molar-refractivity contribution in [2.45, 2.75) is 6.92 Å². The number of halogens is 1. The third kappa shape index (κ3) is 5.30. The second-order valence-electron chi connectivity index (χ2n) is 5.11. The predicted molar refractivity (Wildman–Crippen MR) is 82.8 cm³/mol. The highest BCUT2D eigenvalue weighted by atomic mass is 79.9. The summed E-state index contributed by atoms with van der Waals surface area (Å²) in [5.74, 6) is -0.0883. The van der Waals surface area contributed by atoms with Gasteiger partial charge in [0.15, 0.2) is 13.1 Å². The van der Waals surface area contributed by atoms with Gasteiger partial charge in [-0.1, -0.05) is 15.9 Å². The molecule has 110 valence electrons. The first-order chi connectivity index (χ1) is 9.29. The van der Waals surface area contributed by atoms with Gasteiger partial charge in [0.1, 0.15) is 0 Å². The molecule has 0 bridgehead atoms. The summed E-state index contributed by atoms with van der Waals surface area (Å²) in [4.78, 5) is 25.9. The number of anilines is 1. The summed E-state index contributed by atoms with van der Waals surface area (Å²) in [5, 5.41) is 2.87. The molecule has 2 amide bonds. The number of quaternary nitrogens is 1. The largest absolute Gasteiger partial charge is 0.344 e. The van der Waals surface area contributed by atoms with Crippen molar-refractivity contribution in [1.29, 1.82) is 0 Å². The van der Waals surface area contributed by atoms with Crippen LogP contribution in [0.4, 0.5) is 5.69 Å². The molecule has 0 aliphatic carbocycles. The summed E-state index contributed by atoms with van der Waals surface area (Å²) in [7, 11) is 5.25. The van der Waals surface area contributed by atoms with Crippen LogP contribution in [0.15, 0.2) is 22.7 Å². The number of carbonyl (C=O) groups is 2. The predicted octanol–water partition coefficient (Wildman–Crippen LogP) is 0.299. The van der Waals surface area contributed by atoms with Gasteiger partial charge in [-0.3, -0.25) is 9.59 Å². The fourth-order valence-electron chi connectivity index (χ4n) is 1.71. The molecule has 20 heavy (non-hydrogen) atoms. The molecule has 1 aromatic rings. The lowest BCUT2D eigenvalue weighted by Gasteiger charge is -2.16. The number of nitrogens with one attached hydrogen (secondary N) is 2. The van der Waals surface area contributed by atoms with E-state index in [9.17, 15) is 9.59 Å². The molecule has 0 spiro atoms. The third-order valence-electron chi connectivity index (χ3n) is 2.88. The number of aryl methyl sites for hydroxylation is 1. The molecule has 0 fully saturated rings. The molecule has 5 nitrogen and oxygen atoms in total. The third-order valence-corrected chi connectivity index (χ3v) is 3.37. The second kappa shape index (κ2) is 7.40. The Balaban J connectivity index is 2.53. The van der Waals surface area contributed by atoms with E-state index in [-0.39, 0.29) is 18.4 Å². The van der Waals surface area contributed by atoms with Crippen molar-refractivity contribution in [3.8, 4) is 0 Å². The fraction of sp³-hybridized carbons (Fsp3) is 0.429. The summed E-state index contributed by atoms with van der Waals surface area (Å²) >= 11 is 3.38. The van der Waals surface area contributed by atoms with Gasteiger partial charge >= 0.3 is 0 Å². The van der Waals surface area contributed by atoms with Crippen LogP contribution < -0.4 is 10.2 Å². The Hall–Kier alpha value is -1.40. The van der Waals surface area contributed by atoms with E-state index in [4.69, 9.17) is 0 Å². The van der Waals surface area contributed by atoms with Crippen molar-refractivity contribution in [2.75, 3.05) is 39.5 Å². The summed E-state index contributed by atoms with van der Waals surface area (Å²) < 4.78 is 0.979. The highest BCUT2D eigenvalue weighted by Gasteiger charge is 2.15. The van der Waals surface area contributed by atoms with Crippen LogP contribution in [0.2, 0.25) is 0 Å². The Labute approximate surface area is 128 Å². The topological polar surface area (TPSA) is 53.9 Å². The summed E-state index contributed by atoms with van der Waals surface area (Å²) in [6.07, 6.45) is 0. The number of nitrogens with zero attached hydrogens (tertiary/aromatic N) is 1. The molecule has 1 atom stereocenters. The molecule has 1 aromatic carbocycles. The van der Waals surface area contributed by atoms with Crippen molar-refractivity contribution in [1.82, 2.24) is 4.90 Å². The maximum Gasteiger partial charge on any atom is 0.279 e. The van der Waals surface area contributed by atoms with Crippen molar-refractivity contribution in [3.05, 3.63) is 28.2 Å². The molecule has 0 radical (unpaired) electrons. The lowest BCUT2D eigenvalue weighted by atomic mass is 10.2. The summed E-state index contributed by atoms with van der Waals surface area (Å²) in [5.41, 5.74) is 1.79. The van der Waals surface area contributed by atoms with E-state index in [2.05, 4.69) is 21.2 Å². The molecule has 1 rings (SSSR count). The van der Waals surface area contributed by atoms with Crippen molar-refractivity contribution in [2.24, 2.45) is 0 Å². The minimum atomic E-state index is -0.0977. The zero-order valence-electron chi connectivity index (χ0n) is 12.3. The van der Waals surface area contributed by atoms with Gasteiger partial charge in [-0.2, -0.15) is 0 Å². The Morgan fingerprint density at radius 2 is 1.95 bits per heavy atom. The first-order valence-electron chi connectivity index (χ1n) is 6.37. The van der Waals surface area contributed by atoms with Crippen LogP contribution >= 0.6 is 15.9 Å². The van der Waals surface area contributed by atoms with Crippen molar-refractivity contribution < 1.29 is 14.5 Å². The van der Waals surface area contributed by atoms with E-state index in [1.54, 1.807) is 14.1 Å². The fourth-order valence-corrected chi connectivity index (χ4v) is 2.19. The van der Waals surface area contributed by atoms with Gasteiger partial charge in [0.05, 0.1) is 7.05 Å². The van der Waals surface area contributed by atoms with Crippen LogP contribution in [-0.4, -0.2) is 50.9 Å². The maximum atomic E-state index is 11.9. The van der Waals surface area contributed by atoms with Gasteiger partial charge in [0.2, 0.25) is 0 Å². The number of benzene rings is 1. The maximum absolute atomic E-state index is 11.9. The zero-order chi connectivity index (χ0) is 15.3.